The number of sulfonamides is 1. The Labute approximate surface area is 207 Å². The molecule has 1 heterocycles. The summed E-state index contributed by atoms with van der Waals surface area (Å²) in [6, 6.07) is 14.0. The lowest BCUT2D eigenvalue weighted by molar-refractivity contribution is -0.121. The molecular formula is C25H33N3O4S2. The van der Waals surface area contributed by atoms with Crippen LogP contribution in [-0.2, 0) is 20.2 Å². The minimum Gasteiger partial charge on any atom is -0.484 e. The minimum atomic E-state index is -3.51. The molecule has 2 N–H and O–H groups in total. The first-order valence-corrected chi connectivity index (χ1v) is 13.2. The Morgan fingerprint density at radius 2 is 1.65 bits per heavy atom. The van der Waals surface area contributed by atoms with Crippen LogP contribution >= 0.6 is 12.2 Å². The van der Waals surface area contributed by atoms with Gasteiger partial charge < -0.3 is 10.1 Å². The van der Waals surface area contributed by atoms with Gasteiger partial charge in [-0.25, -0.2) is 8.42 Å². The molecule has 184 valence electrons. The molecule has 0 aliphatic carbocycles. The number of benzene rings is 2. The van der Waals surface area contributed by atoms with Gasteiger partial charge in [-0.3, -0.25) is 10.1 Å². The van der Waals surface area contributed by atoms with E-state index in [1.807, 2.05) is 24.3 Å². The standard InChI is InChI=1S/C25H33N3O4S2/c1-18-13-15-28(16-14-18)34(30,31)22-11-7-20(8-12-22)26-24(33)27-23(29)17-32-21-9-5-19(6-10-21)25(2,3)4/h5-12,18H,13-17H2,1-4H3,(H2,26,27,29,33). The Morgan fingerprint density at radius 1 is 1.06 bits per heavy atom. The molecule has 7 nitrogen and oxygen atoms in total. The summed E-state index contributed by atoms with van der Waals surface area (Å²) in [5, 5.41) is 5.57. The van der Waals surface area contributed by atoms with E-state index in [1.165, 1.54) is 9.87 Å². The van der Waals surface area contributed by atoms with E-state index in [-0.39, 0.29) is 22.0 Å². The number of piperidine rings is 1. The van der Waals surface area contributed by atoms with Gasteiger partial charge in [0.05, 0.1) is 4.90 Å². The van der Waals surface area contributed by atoms with Gasteiger partial charge in [0, 0.05) is 18.8 Å². The second-order valence-electron chi connectivity index (χ2n) is 9.68. The van der Waals surface area contributed by atoms with Crippen LogP contribution in [0.25, 0.3) is 0 Å². The van der Waals surface area contributed by atoms with Crippen LogP contribution in [0.5, 0.6) is 5.75 Å². The van der Waals surface area contributed by atoms with Crippen LogP contribution in [0.2, 0.25) is 0 Å². The summed E-state index contributed by atoms with van der Waals surface area (Å²) in [7, 11) is -3.51. The molecule has 1 fully saturated rings. The molecule has 3 rings (SSSR count). The molecule has 1 saturated heterocycles. The third kappa shape index (κ3) is 7.01. The number of thiocarbonyl (C=S) groups is 1. The molecule has 0 saturated carbocycles. The van der Waals surface area contributed by atoms with Gasteiger partial charge in [0.15, 0.2) is 11.7 Å². The monoisotopic (exact) mass is 503 g/mol. The summed E-state index contributed by atoms with van der Waals surface area (Å²) in [4.78, 5) is 12.4. The second kappa shape index (κ2) is 10.8. The zero-order valence-electron chi connectivity index (χ0n) is 20.1. The molecule has 0 radical (unpaired) electrons. The Kier molecular flexibility index (Phi) is 8.33. The van der Waals surface area contributed by atoms with Crippen molar-refractivity contribution in [1.29, 1.82) is 0 Å². The fourth-order valence-corrected chi connectivity index (χ4v) is 5.31. The number of rotatable bonds is 6. The maximum atomic E-state index is 12.8. The fraction of sp³-hybridized carbons (Fsp3) is 0.440. The summed E-state index contributed by atoms with van der Waals surface area (Å²) in [6.07, 6.45) is 1.75. The smallest absolute Gasteiger partial charge is 0.264 e. The largest absolute Gasteiger partial charge is 0.484 e. The first-order chi connectivity index (χ1) is 15.9. The van der Waals surface area contributed by atoms with E-state index in [2.05, 4.69) is 38.3 Å². The molecule has 0 unspecified atom stereocenters. The van der Waals surface area contributed by atoms with Gasteiger partial charge in [-0.1, -0.05) is 39.8 Å². The topological polar surface area (TPSA) is 87.7 Å². The lowest BCUT2D eigenvalue weighted by Gasteiger charge is -2.29. The van der Waals surface area contributed by atoms with E-state index in [1.54, 1.807) is 24.3 Å². The van der Waals surface area contributed by atoms with E-state index in [0.717, 1.165) is 12.8 Å². The number of nitrogens with one attached hydrogen (secondary N) is 2. The summed E-state index contributed by atoms with van der Waals surface area (Å²) in [5.74, 6) is 0.756. The number of amides is 1. The highest BCUT2D eigenvalue weighted by atomic mass is 32.2. The molecule has 0 bridgehead atoms. The van der Waals surface area contributed by atoms with Crippen LogP contribution < -0.4 is 15.4 Å². The summed E-state index contributed by atoms with van der Waals surface area (Å²) >= 11 is 5.20. The molecular weight excluding hydrogens is 470 g/mol. The highest BCUT2D eigenvalue weighted by Gasteiger charge is 2.27. The van der Waals surface area contributed by atoms with Crippen molar-refractivity contribution in [2.75, 3.05) is 25.0 Å². The van der Waals surface area contributed by atoms with Crippen molar-refractivity contribution in [3.05, 3.63) is 54.1 Å². The number of ether oxygens (including phenoxy) is 1. The third-order valence-electron chi connectivity index (χ3n) is 5.84. The summed E-state index contributed by atoms with van der Waals surface area (Å²) in [5.41, 5.74) is 1.80. The van der Waals surface area contributed by atoms with Gasteiger partial charge in [-0.15, -0.1) is 0 Å². The van der Waals surface area contributed by atoms with Crippen molar-refractivity contribution < 1.29 is 17.9 Å². The summed E-state index contributed by atoms with van der Waals surface area (Å²) in [6.45, 7) is 9.44. The Hall–Kier alpha value is -2.49. The van der Waals surface area contributed by atoms with Crippen LogP contribution in [-0.4, -0.2) is 43.4 Å². The lowest BCUT2D eigenvalue weighted by Crippen LogP contribution is -2.38. The zero-order chi connectivity index (χ0) is 24.9. The van der Waals surface area contributed by atoms with E-state index < -0.39 is 15.9 Å². The van der Waals surface area contributed by atoms with Gasteiger partial charge in [0.1, 0.15) is 5.75 Å². The van der Waals surface area contributed by atoms with Crippen molar-refractivity contribution in [3.63, 3.8) is 0 Å². The van der Waals surface area contributed by atoms with Crippen molar-refractivity contribution in [2.24, 2.45) is 5.92 Å². The number of nitrogens with zero attached hydrogens (tertiary/aromatic N) is 1. The van der Waals surface area contributed by atoms with Crippen molar-refractivity contribution in [3.8, 4) is 5.75 Å². The van der Waals surface area contributed by atoms with Gasteiger partial charge >= 0.3 is 0 Å². The second-order valence-corrected chi connectivity index (χ2v) is 12.0. The predicted molar refractivity (Wildman–Crippen MR) is 139 cm³/mol. The van der Waals surface area contributed by atoms with Crippen LogP contribution in [0.3, 0.4) is 0 Å². The minimum absolute atomic E-state index is 0.0441. The van der Waals surface area contributed by atoms with Crippen LogP contribution in [0.1, 0.15) is 46.1 Å². The highest BCUT2D eigenvalue weighted by molar-refractivity contribution is 7.89. The van der Waals surface area contributed by atoms with Crippen molar-refractivity contribution in [2.45, 2.75) is 50.8 Å². The number of anilines is 1. The van der Waals surface area contributed by atoms with Crippen molar-refractivity contribution >= 4 is 38.9 Å². The van der Waals surface area contributed by atoms with Crippen LogP contribution in [0, 0.1) is 5.92 Å². The molecule has 1 aliphatic rings. The average Bonchev–Trinajstić information content (AvgIpc) is 2.78. The fourth-order valence-electron chi connectivity index (χ4n) is 3.61. The number of carbonyl (C=O) groups is 1. The van der Waals surface area contributed by atoms with Crippen molar-refractivity contribution in [1.82, 2.24) is 9.62 Å². The average molecular weight is 504 g/mol. The lowest BCUT2D eigenvalue weighted by atomic mass is 9.87. The highest BCUT2D eigenvalue weighted by Crippen LogP contribution is 2.25. The first-order valence-electron chi connectivity index (χ1n) is 11.4. The predicted octanol–water partition coefficient (Wildman–Crippen LogP) is 4.30. The van der Waals surface area contributed by atoms with E-state index in [9.17, 15) is 13.2 Å². The Morgan fingerprint density at radius 3 is 2.21 bits per heavy atom. The molecule has 0 atom stereocenters. The maximum Gasteiger partial charge on any atom is 0.264 e. The normalized spacial score (nSPS) is 15.5. The van der Waals surface area contributed by atoms with Gasteiger partial charge in [-0.2, -0.15) is 4.31 Å². The number of hydrogen-bond donors (Lipinski definition) is 2. The SMILES string of the molecule is CC1CCN(S(=O)(=O)c2ccc(NC(=S)NC(=O)COc3ccc(C(C)(C)C)cc3)cc2)CC1. The molecule has 1 aliphatic heterocycles. The molecule has 0 spiro atoms. The molecule has 9 heteroatoms. The molecule has 2 aromatic carbocycles. The van der Waals surface area contributed by atoms with Crippen LogP contribution in [0.4, 0.5) is 5.69 Å². The van der Waals surface area contributed by atoms with Crippen LogP contribution in [0.15, 0.2) is 53.4 Å². The number of carbonyl (C=O) groups excluding carboxylic acids is 1. The molecule has 34 heavy (non-hydrogen) atoms. The molecule has 1 amide bonds. The summed E-state index contributed by atoms with van der Waals surface area (Å²) < 4.78 is 32.7. The Balaban J connectivity index is 1.48. The maximum absolute atomic E-state index is 12.8. The third-order valence-corrected chi connectivity index (χ3v) is 7.95. The quantitative estimate of drug-likeness (QED) is 0.572. The Bertz CT molecular complexity index is 1100. The zero-order valence-corrected chi connectivity index (χ0v) is 21.8. The van der Waals surface area contributed by atoms with Gasteiger partial charge in [-0.05, 0) is 78.4 Å². The van der Waals surface area contributed by atoms with E-state index in [0.29, 0.717) is 30.4 Å². The first kappa shape index (κ1) is 26.1. The van der Waals surface area contributed by atoms with E-state index in [4.69, 9.17) is 17.0 Å². The molecule has 0 aromatic heterocycles. The number of hydrogen-bond acceptors (Lipinski definition) is 5. The van der Waals surface area contributed by atoms with E-state index >= 15 is 0 Å². The molecule has 2 aromatic rings. The van der Waals surface area contributed by atoms with Gasteiger partial charge in [0.25, 0.3) is 5.91 Å². The van der Waals surface area contributed by atoms with Gasteiger partial charge in [0.2, 0.25) is 10.0 Å².